The van der Waals surface area contributed by atoms with Gasteiger partial charge in [-0.25, -0.2) is 9.67 Å². The summed E-state index contributed by atoms with van der Waals surface area (Å²) in [5.41, 5.74) is 0. The van der Waals surface area contributed by atoms with Crippen LogP contribution in [0.3, 0.4) is 0 Å². The fourth-order valence-corrected chi connectivity index (χ4v) is 0.494. The SMILES string of the molecule is OC(O)Cn1cncn1. The van der Waals surface area contributed by atoms with E-state index in [4.69, 9.17) is 10.2 Å². The Morgan fingerprint density at radius 2 is 2.33 bits per heavy atom. The molecular formula is C4H7N3O2. The molecule has 0 saturated heterocycles. The molecule has 2 N–H and O–H groups in total. The van der Waals surface area contributed by atoms with Crippen LogP contribution in [-0.4, -0.2) is 31.3 Å². The van der Waals surface area contributed by atoms with E-state index in [1.165, 1.54) is 17.3 Å². The molecule has 0 saturated carbocycles. The van der Waals surface area contributed by atoms with Crippen LogP contribution in [0, 0.1) is 0 Å². The summed E-state index contributed by atoms with van der Waals surface area (Å²) in [5, 5.41) is 20.4. The van der Waals surface area contributed by atoms with E-state index in [0.717, 1.165) is 0 Å². The Hall–Kier alpha value is -0.940. The predicted molar refractivity (Wildman–Crippen MR) is 28.2 cm³/mol. The van der Waals surface area contributed by atoms with Gasteiger partial charge in [0.2, 0.25) is 0 Å². The number of aliphatic hydroxyl groups is 2. The fourth-order valence-electron chi connectivity index (χ4n) is 0.494. The summed E-state index contributed by atoms with van der Waals surface area (Å²) in [6, 6.07) is 0. The number of aliphatic hydroxyl groups excluding tert-OH is 1. The molecule has 0 aromatic carbocycles. The van der Waals surface area contributed by atoms with Crippen LogP contribution in [0.5, 0.6) is 0 Å². The van der Waals surface area contributed by atoms with Crippen LogP contribution in [0.25, 0.3) is 0 Å². The minimum atomic E-state index is -1.35. The molecule has 1 rings (SSSR count). The van der Waals surface area contributed by atoms with Crippen molar-refractivity contribution in [2.24, 2.45) is 0 Å². The van der Waals surface area contributed by atoms with Crippen LogP contribution in [-0.2, 0) is 6.54 Å². The van der Waals surface area contributed by atoms with Gasteiger partial charge in [0.05, 0.1) is 6.54 Å². The first-order valence-electron chi connectivity index (χ1n) is 2.47. The van der Waals surface area contributed by atoms with Gasteiger partial charge in [-0.2, -0.15) is 5.10 Å². The quantitative estimate of drug-likeness (QED) is 0.481. The Kier molecular flexibility index (Phi) is 1.76. The Morgan fingerprint density at radius 3 is 2.78 bits per heavy atom. The van der Waals surface area contributed by atoms with Crippen molar-refractivity contribution < 1.29 is 10.2 Å². The second kappa shape index (κ2) is 2.56. The van der Waals surface area contributed by atoms with Crippen molar-refractivity contribution in [1.82, 2.24) is 14.8 Å². The lowest BCUT2D eigenvalue weighted by molar-refractivity contribution is -0.0535. The molecule has 0 fully saturated rings. The molecule has 0 atom stereocenters. The predicted octanol–water partition coefficient (Wildman–Crippen LogP) is -1.41. The highest BCUT2D eigenvalue weighted by molar-refractivity contribution is 4.55. The van der Waals surface area contributed by atoms with Gasteiger partial charge in [0.15, 0.2) is 6.29 Å². The maximum absolute atomic E-state index is 8.39. The first kappa shape index (κ1) is 6.18. The molecule has 0 aliphatic heterocycles. The summed E-state index contributed by atoms with van der Waals surface area (Å²) in [6.45, 7) is 0.0694. The molecule has 0 unspecified atom stereocenters. The molecule has 0 spiro atoms. The van der Waals surface area contributed by atoms with Gasteiger partial charge in [-0.3, -0.25) is 0 Å². The molecule has 5 nitrogen and oxygen atoms in total. The summed E-state index contributed by atoms with van der Waals surface area (Å²) < 4.78 is 1.34. The molecule has 0 radical (unpaired) electrons. The van der Waals surface area contributed by atoms with Gasteiger partial charge < -0.3 is 10.2 Å². The highest BCUT2D eigenvalue weighted by Gasteiger charge is 1.96. The molecule has 0 amide bonds. The number of nitrogens with zero attached hydrogens (tertiary/aromatic N) is 3. The van der Waals surface area contributed by atoms with Crippen molar-refractivity contribution >= 4 is 0 Å². The molecule has 0 aliphatic carbocycles. The minimum Gasteiger partial charge on any atom is -0.367 e. The summed E-state index contributed by atoms with van der Waals surface area (Å²) >= 11 is 0. The topological polar surface area (TPSA) is 71.2 Å². The van der Waals surface area contributed by atoms with E-state index in [0.29, 0.717) is 0 Å². The molecule has 1 aromatic rings. The van der Waals surface area contributed by atoms with Gasteiger partial charge in [0, 0.05) is 0 Å². The van der Waals surface area contributed by atoms with E-state index in [-0.39, 0.29) is 6.54 Å². The number of rotatable bonds is 2. The van der Waals surface area contributed by atoms with Gasteiger partial charge >= 0.3 is 0 Å². The number of hydrogen-bond donors (Lipinski definition) is 2. The molecular weight excluding hydrogens is 122 g/mol. The summed E-state index contributed by atoms with van der Waals surface area (Å²) in [4.78, 5) is 3.60. The van der Waals surface area contributed by atoms with E-state index in [2.05, 4.69) is 10.1 Å². The second-order valence-corrected chi connectivity index (χ2v) is 1.60. The average molecular weight is 129 g/mol. The van der Waals surface area contributed by atoms with Crippen LogP contribution in [0.15, 0.2) is 12.7 Å². The van der Waals surface area contributed by atoms with Crippen LogP contribution < -0.4 is 0 Å². The van der Waals surface area contributed by atoms with Crippen molar-refractivity contribution in [2.75, 3.05) is 0 Å². The zero-order chi connectivity index (χ0) is 6.69. The van der Waals surface area contributed by atoms with Crippen molar-refractivity contribution in [3.05, 3.63) is 12.7 Å². The lowest BCUT2D eigenvalue weighted by atomic mass is 10.6. The Balaban J connectivity index is 2.48. The third-order valence-corrected chi connectivity index (χ3v) is 0.817. The standard InChI is InChI=1S/C4H7N3O2/c8-4(9)1-7-3-5-2-6-7/h2-4,8-9H,1H2. The normalized spacial score (nSPS) is 10.6. The van der Waals surface area contributed by atoms with Crippen molar-refractivity contribution in [2.45, 2.75) is 12.8 Å². The lowest BCUT2D eigenvalue weighted by Gasteiger charge is -2.00. The molecule has 1 heterocycles. The zero-order valence-electron chi connectivity index (χ0n) is 4.68. The Morgan fingerprint density at radius 1 is 1.56 bits per heavy atom. The van der Waals surface area contributed by atoms with Gasteiger partial charge in [-0.15, -0.1) is 0 Å². The molecule has 9 heavy (non-hydrogen) atoms. The highest BCUT2D eigenvalue weighted by Crippen LogP contribution is 1.82. The minimum absolute atomic E-state index is 0.0694. The van der Waals surface area contributed by atoms with E-state index in [9.17, 15) is 0 Å². The zero-order valence-corrected chi connectivity index (χ0v) is 4.68. The fraction of sp³-hybridized carbons (Fsp3) is 0.500. The van der Waals surface area contributed by atoms with Crippen molar-refractivity contribution in [3.63, 3.8) is 0 Å². The number of hydrogen-bond acceptors (Lipinski definition) is 4. The molecule has 50 valence electrons. The Labute approximate surface area is 51.6 Å². The van der Waals surface area contributed by atoms with Crippen molar-refractivity contribution in [3.8, 4) is 0 Å². The summed E-state index contributed by atoms with van der Waals surface area (Å²) in [7, 11) is 0. The molecule has 0 aliphatic rings. The summed E-state index contributed by atoms with van der Waals surface area (Å²) in [6.07, 6.45) is 1.40. The molecule has 0 bridgehead atoms. The van der Waals surface area contributed by atoms with Gasteiger partial charge in [0.25, 0.3) is 0 Å². The van der Waals surface area contributed by atoms with Crippen LogP contribution in [0.2, 0.25) is 0 Å². The van der Waals surface area contributed by atoms with Crippen LogP contribution in [0.1, 0.15) is 0 Å². The number of aromatic nitrogens is 3. The first-order chi connectivity index (χ1) is 4.29. The van der Waals surface area contributed by atoms with Crippen molar-refractivity contribution in [1.29, 1.82) is 0 Å². The van der Waals surface area contributed by atoms with E-state index >= 15 is 0 Å². The third-order valence-electron chi connectivity index (χ3n) is 0.817. The van der Waals surface area contributed by atoms with E-state index in [1.54, 1.807) is 0 Å². The maximum Gasteiger partial charge on any atom is 0.171 e. The van der Waals surface area contributed by atoms with Crippen LogP contribution >= 0.6 is 0 Å². The first-order valence-corrected chi connectivity index (χ1v) is 2.47. The molecule has 1 aromatic heterocycles. The second-order valence-electron chi connectivity index (χ2n) is 1.60. The Bertz CT molecular complexity index is 160. The van der Waals surface area contributed by atoms with Gasteiger partial charge in [-0.1, -0.05) is 0 Å². The van der Waals surface area contributed by atoms with E-state index < -0.39 is 6.29 Å². The monoisotopic (exact) mass is 129 g/mol. The molecule has 5 heteroatoms. The average Bonchev–Trinajstić information content (AvgIpc) is 2.15. The smallest absolute Gasteiger partial charge is 0.171 e. The highest BCUT2D eigenvalue weighted by atomic mass is 16.5. The lowest BCUT2D eigenvalue weighted by Crippen LogP contribution is -2.14. The van der Waals surface area contributed by atoms with E-state index in [1.807, 2.05) is 0 Å². The summed E-state index contributed by atoms with van der Waals surface area (Å²) in [5.74, 6) is 0. The van der Waals surface area contributed by atoms with Gasteiger partial charge in [-0.05, 0) is 0 Å². The largest absolute Gasteiger partial charge is 0.367 e. The van der Waals surface area contributed by atoms with Gasteiger partial charge in [0.1, 0.15) is 12.7 Å². The maximum atomic E-state index is 8.39. The third kappa shape index (κ3) is 1.79. The van der Waals surface area contributed by atoms with Crippen LogP contribution in [0.4, 0.5) is 0 Å².